The molecule has 1 amide bonds. The minimum atomic E-state index is -0.0930. The first-order valence-corrected chi connectivity index (χ1v) is 10.1. The predicted molar refractivity (Wildman–Crippen MR) is 108 cm³/mol. The van der Waals surface area contributed by atoms with E-state index < -0.39 is 0 Å². The molecule has 0 saturated carbocycles. The summed E-state index contributed by atoms with van der Waals surface area (Å²) in [5.41, 5.74) is 0.749. The number of halogens is 1. The van der Waals surface area contributed by atoms with Gasteiger partial charge in [-0.1, -0.05) is 44.5 Å². The molecule has 0 spiro atoms. The zero-order valence-electron chi connectivity index (χ0n) is 16.3. The number of hydrogen-bond donors (Lipinski definition) is 1. The smallest absolute Gasteiger partial charge is 0.293 e. The van der Waals surface area contributed by atoms with Gasteiger partial charge in [-0.2, -0.15) is 0 Å². The maximum absolute atomic E-state index is 13.0. The lowest BCUT2D eigenvalue weighted by molar-refractivity contribution is 0.0678. The standard InChI is InChI=1S/C20H28ClN5O/c1-4-22-13-15-9-11-25(12-10-15)20(27)18-23-19(14(2)3)26(24-18)17-8-6-5-7-16(17)21/h5-8,14-15,22H,4,9-13H2,1-3H3. The lowest BCUT2D eigenvalue weighted by Crippen LogP contribution is -2.41. The molecule has 0 radical (unpaired) electrons. The van der Waals surface area contributed by atoms with Crippen molar-refractivity contribution in [1.29, 1.82) is 0 Å². The summed E-state index contributed by atoms with van der Waals surface area (Å²) in [6.45, 7) is 9.72. The summed E-state index contributed by atoms with van der Waals surface area (Å²) in [5.74, 6) is 1.66. The number of nitrogens with one attached hydrogen (secondary N) is 1. The number of piperidine rings is 1. The van der Waals surface area contributed by atoms with Gasteiger partial charge in [0.2, 0.25) is 5.82 Å². The summed E-state index contributed by atoms with van der Waals surface area (Å²) in [4.78, 5) is 19.4. The average Bonchev–Trinajstić information content (AvgIpc) is 3.12. The van der Waals surface area contributed by atoms with Crippen molar-refractivity contribution in [2.24, 2.45) is 5.92 Å². The molecule has 1 aliphatic heterocycles. The van der Waals surface area contributed by atoms with Crippen LogP contribution in [0.25, 0.3) is 5.69 Å². The van der Waals surface area contributed by atoms with E-state index in [1.807, 2.05) is 43.0 Å². The SMILES string of the molecule is CCNCC1CCN(C(=O)c2nc(C(C)C)n(-c3ccccc3Cl)n2)CC1. The van der Waals surface area contributed by atoms with Crippen molar-refractivity contribution in [3.05, 3.63) is 40.9 Å². The molecule has 1 saturated heterocycles. The third-order valence-corrected chi connectivity index (χ3v) is 5.32. The monoisotopic (exact) mass is 389 g/mol. The molecular formula is C20H28ClN5O. The Balaban J connectivity index is 1.78. The highest BCUT2D eigenvalue weighted by Gasteiger charge is 2.27. The molecule has 2 heterocycles. The van der Waals surface area contributed by atoms with Crippen molar-refractivity contribution in [2.75, 3.05) is 26.2 Å². The van der Waals surface area contributed by atoms with Crippen molar-refractivity contribution >= 4 is 17.5 Å². The molecule has 1 aromatic heterocycles. The molecule has 1 N–H and O–H groups in total. The molecule has 0 atom stereocenters. The molecule has 6 nitrogen and oxygen atoms in total. The average molecular weight is 390 g/mol. The van der Waals surface area contributed by atoms with Gasteiger partial charge in [-0.3, -0.25) is 4.79 Å². The number of rotatable bonds is 6. The van der Waals surface area contributed by atoms with E-state index in [4.69, 9.17) is 11.6 Å². The fourth-order valence-corrected chi connectivity index (χ4v) is 3.64. The maximum Gasteiger partial charge on any atom is 0.293 e. The molecule has 7 heteroatoms. The van der Waals surface area contributed by atoms with Gasteiger partial charge in [0, 0.05) is 19.0 Å². The molecule has 0 aliphatic carbocycles. The van der Waals surface area contributed by atoms with Gasteiger partial charge >= 0.3 is 0 Å². The molecular weight excluding hydrogens is 362 g/mol. The second-order valence-electron chi connectivity index (χ2n) is 7.35. The molecule has 2 aromatic rings. The van der Waals surface area contributed by atoms with Crippen LogP contribution >= 0.6 is 11.6 Å². The van der Waals surface area contributed by atoms with Gasteiger partial charge in [0.15, 0.2) is 0 Å². The first-order chi connectivity index (χ1) is 13.0. The van der Waals surface area contributed by atoms with Crippen molar-refractivity contribution in [3.63, 3.8) is 0 Å². The first-order valence-electron chi connectivity index (χ1n) is 9.73. The minimum Gasteiger partial charge on any atom is -0.336 e. The van der Waals surface area contributed by atoms with Gasteiger partial charge in [0.1, 0.15) is 5.82 Å². The van der Waals surface area contributed by atoms with E-state index in [-0.39, 0.29) is 17.6 Å². The Morgan fingerprint density at radius 2 is 2.00 bits per heavy atom. The van der Waals surface area contributed by atoms with E-state index in [2.05, 4.69) is 22.3 Å². The summed E-state index contributed by atoms with van der Waals surface area (Å²) < 4.78 is 1.71. The van der Waals surface area contributed by atoms with E-state index >= 15 is 0 Å². The second-order valence-corrected chi connectivity index (χ2v) is 7.76. The van der Waals surface area contributed by atoms with E-state index in [0.29, 0.717) is 10.9 Å². The first kappa shape index (κ1) is 19.8. The van der Waals surface area contributed by atoms with E-state index in [9.17, 15) is 4.79 Å². The fraction of sp³-hybridized carbons (Fsp3) is 0.550. The number of carbonyl (C=O) groups is 1. The number of para-hydroxylation sites is 1. The maximum atomic E-state index is 13.0. The molecule has 146 valence electrons. The van der Waals surface area contributed by atoms with E-state index in [1.54, 1.807) is 4.68 Å². The van der Waals surface area contributed by atoms with Crippen molar-refractivity contribution in [2.45, 2.75) is 39.5 Å². The normalized spacial score (nSPS) is 15.5. The quantitative estimate of drug-likeness (QED) is 0.821. The van der Waals surface area contributed by atoms with Gasteiger partial charge in [-0.15, -0.1) is 5.10 Å². The highest BCUT2D eigenvalue weighted by atomic mass is 35.5. The molecule has 3 rings (SSSR count). The third kappa shape index (κ3) is 4.50. The fourth-order valence-electron chi connectivity index (χ4n) is 3.42. The second kappa shape index (κ2) is 8.85. The third-order valence-electron chi connectivity index (χ3n) is 5.01. The number of amides is 1. The number of nitrogens with zero attached hydrogens (tertiary/aromatic N) is 4. The summed E-state index contributed by atoms with van der Waals surface area (Å²) in [6.07, 6.45) is 2.03. The number of hydrogen-bond acceptors (Lipinski definition) is 4. The summed E-state index contributed by atoms with van der Waals surface area (Å²) in [5, 5.41) is 8.51. The van der Waals surface area contributed by atoms with E-state index in [0.717, 1.165) is 50.5 Å². The van der Waals surface area contributed by atoms with Crippen LogP contribution in [0.1, 0.15) is 56.0 Å². The van der Waals surface area contributed by atoms with Crippen LogP contribution < -0.4 is 5.32 Å². The number of likely N-dealkylation sites (tertiary alicyclic amines) is 1. The van der Waals surface area contributed by atoms with Crippen molar-refractivity contribution in [3.8, 4) is 5.69 Å². The Labute approximate surface area is 165 Å². The van der Waals surface area contributed by atoms with Gasteiger partial charge in [-0.25, -0.2) is 9.67 Å². The zero-order valence-corrected chi connectivity index (χ0v) is 17.0. The van der Waals surface area contributed by atoms with E-state index in [1.165, 1.54) is 0 Å². The van der Waals surface area contributed by atoms with Crippen LogP contribution in [0.4, 0.5) is 0 Å². The Bertz CT molecular complexity index is 780. The molecule has 0 unspecified atom stereocenters. The van der Waals surface area contributed by atoms with Crippen LogP contribution in [0.3, 0.4) is 0 Å². The molecule has 1 aliphatic rings. The Morgan fingerprint density at radius 3 is 2.63 bits per heavy atom. The van der Waals surface area contributed by atoms with Crippen LogP contribution in [0.15, 0.2) is 24.3 Å². The lowest BCUT2D eigenvalue weighted by atomic mass is 9.97. The van der Waals surface area contributed by atoms with Crippen LogP contribution in [0.5, 0.6) is 0 Å². The zero-order chi connectivity index (χ0) is 19.4. The van der Waals surface area contributed by atoms with Crippen LogP contribution in [-0.4, -0.2) is 51.8 Å². The van der Waals surface area contributed by atoms with Crippen LogP contribution in [-0.2, 0) is 0 Å². The van der Waals surface area contributed by atoms with Gasteiger partial charge in [0.05, 0.1) is 10.7 Å². The summed E-state index contributed by atoms with van der Waals surface area (Å²) in [7, 11) is 0. The predicted octanol–water partition coefficient (Wildman–Crippen LogP) is 3.51. The van der Waals surface area contributed by atoms with Gasteiger partial charge < -0.3 is 10.2 Å². The molecule has 1 aromatic carbocycles. The molecule has 1 fully saturated rings. The largest absolute Gasteiger partial charge is 0.336 e. The lowest BCUT2D eigenvalue weighted by Gasteiger charge is -2.31. The number of benzene rings is 1. The summed E-state index contributed by atoms with van der Waals surface area (Å²) >= 11 is 6.34. The molecule has 27 heavy (non-hydrogen) atoms. The molecule has 0 bridgehead atoms. The summed E-state index contributed by atoms with van der Waals surface area (Å²) in [6, 6.07) is 7.49. The number of carbonyl (C=O) groups excluding carboxylic acids is 1. The van der Waals surface area contributed by atoms with Gasteiger partial charge in [0.25, 0.3) is 5.91 Å². The van der Waals surface area contributed by atoms with Crippen molar-refractivity contribution < 1.29 is 4.79 Å². The highest BCUT2D eigenvalue weighted by Crippen LogP contribution is 2.24. The van der Waals surface area contributed by atoms with Crippen LogP contribution in [0, 0.1) is 5.92 Å². The van der Waals surface area contributed by atoms with Gasteiger partial charge in [-0.05, 0) is 44.0 Å². The Kier molecular flexibility index (Phi) is 6.50. The topological polar surface area (TPSA) is 63.1 Å². The highest BCUT2D eigenvalue weighted by molar-refractivity contribution is 6.32. The van der Waals surface area contributed by atoms with Crippen molar-refractivity contribution in [1.82, 2.24) is 25.0 Å². The Hall–Kier alpha value is -1.92. The van der Waals surface area contributed by atoms with Crippen LogP contribution in [0.2, 0.25) is 5.02 Å². The number of aromatic nitrogens is 3. The Morgan fingerprint density at radius 1 is 1.30 bits per heavy atom. The minimum absolute atomic E-state index is 0.0930.